The molecule has 3 amide bonds. The van der Waals surface area contributed by atoms with Gasteiger partial charge >= 0.3 is 0 Å². The van der Waals surface area contributed by atoms with E-state index in [0.29, 0.717) is 41.9 Å². The number of fused-ring (bicyclic) bond motifs is 2. The van der Waals surface area contributed by atoms with Crippen molar-refractivity contribution >= 4 is 62.8 Å². The molecule has 0 bridgehead atoms. The largest absolute Gasteiger partial charge is 0.378 e. The van der Waals surface area contributed by atoms with Gasteiger partial charge in [0.15, 0.2) is 0 Å². The van der Waals surface area contributed by atoms with Crippen molar-refractivity contribution in [3.05, 3.63) is 64.3 Å². The van der Waals surface area contributed by atoms with E-state index in [1.54, 1.807) is 32.3 Å². The molecule has 5 atom stereocenters. The molecule has 3 aromatic rings. The highest BCUT2D eigenvalue weighted by molar-refractivity contribution is 7.82. The van der Waals surface area contributed by atoms with Gasteiger partial charge in [0, 0.05) is 35.6 Å². The fraction of sp³-hybridized carbons (Fsp3) is 0.452. The highest BCUT2D eigenvalue weighted by atomic mass is 35.5. The van der Waals surface area contributed by atoms with E-state index in [1.165, 1.54) is 6.07 Å². The van der Waals surface area contributed by atoms with Crippen molar-refractivity contribution in [1.82, 2.24) is 24.4 Å². The number of piperazine rings is 1. The maximum absolute atomic E-state index is 13.9. The molecule has 1 aromatic heterocycles. The number of rotatable bonds is 6. The van der Waals surface area contributed by atoms with Crippen LogP contribution >= 0.6 is 23.2 Å². The SMILES string of the molecule is CC(C)(C)[C@H](NC(=O)c1cc2ccccc2[nH]1)C(=O)N1C[C@H]2N(C(=O)C3COCCN3S(=O)c3ccc(Cl)cc3Cl)C[C@]21C. The van der Waals surface area contributed by atoms with Crippen molar-refractivity contribution in [1.29, 1.82) is 0 Å². The highest BCUT2D eigenvalue weighted by Crippen LogP contribution is 2.45. The van der Waals surface area contributed by atoms with Crippen LogP contribution in [-0.2, 0) is 25.3 Å². The summed E-state index contributed by atoms with van der Waals surface area (Å²) in [5.74, 6) is -0.737. The lowest BCUT2D eigenvalue weighted by Crippen LogP contribution is -2.89. The van der Waals surface area contributed by atoms with Crippen LogP contribution < -0.4 is 5.32 Å². The summed E-state index contributed by atoms with van der Waals surface area (Å²) in [4.78, 5) is 48.0. The number of nitrogens with one attached hydrogen (secondary N) is 2. The lowest BCUT2D eigenvalue weighted by Gasteiger charge is -2.70. The zero-order valence-corrected chi connectivity index (χ0v) is 27.3. The van der Waals surface area contributed by atoms with Crippen LogP contribution in [0.1, 0.15) is 38.2 Å². The molecular weight excluding hydrogens is 625 g/mol. The number of ether oxygens (including phenoxy) is 1. The number of morpholine rings is 1. The number of hydrogen-bond acceptors (Lipinski definition) is 5. The summed E-state index contributed by atoms with van der Waals surface area (Å²) in [6.07, 6.45) is 0. The van der Waals surface area contributed by atoms with Gasteiger partial charge in [-0.15, -0.1) is 0 Å². The number of hydrogen-bond donors (Lipinski definition) is 2. The Morgan fingerprint density at radius 2 is 1.89 bits per heavy atom. The summed E-state index contributed by atoms with van der Waals surface area (Å²) in [6.45, 7) is 9.12. The predicted molar refractivity (Wildman–Crippen MR) is 169 cm³/mol. The Kier molecular flexibility index (Phi) is 8.07. The van der Waals surface area contributed by atoms with E-state index in [0.717, 1.165) is 10.9 Å². The summed E-state index contributed by atoms with van der Waals surface area (Å²) in [7, 11) is -1.70. The van der Waals surface area contributed by atoms with Gasteiger partial charge in [0.1, 0.15) is 28.8 Å². The molecule has 2 unspecified atom stereocenters. The standard InChI is InChI=1S/C31H35Cl2N5O5S/c1-30(2,3)26(35-27(39)22-13-18-7-5-6-8-21(18)34-22)29(41)37-15-25-31(37,4)17-36(25)28(40)23-16-43-12-11-38(23)44(42)24-10-9-19(32)14-20(24)33/h5-10,13-14,23,25-26,34H,11-12,15-17H2,1-4H3,(H,35,39)/t23?,25-,26-,31-,44?/m1/s1. The second-order valence-electron chi connectivity index (χ2n) is 12.9. The number of para-hydroxylation sites is 1. The average molecular weight is 661 g/mol. The summed E-state index contributed by atoms with van der Waals surface area (Å²) >= 11 is 12.4. The van der Waals surface area contributed by atoms with Crippen LogP contribution in [0.4, 0.5) is 0 Å². The van der Waals surface area contributed by atoms with Crippen LogP contribution in [0.3, 0.4) is 0 Å². The Balaban J connectivity index is 1.14. The lowest BCUT2D eigenvalue weighted by atomic mass is 9.70. The van der Waals surface area contributed by atoms with Crippen LogP contribution in [-0.4, -0.2) is 97.5 Å². The van der Waals surface area contributed by atoms with E-state index in [1.807, 2.05) is 52.0 Å². The van der Waals surface area contributed by atoms with Crippen LogP contribution in [0, 0.1) is 5.41 Å². The number of halogens is 2. The molecule has 2 aromatic carbocycles. The summed E-state index contributed by atoms with van der Waals surface area (Å²) in [5.41, 5.74) is 0.0986. The number of carbonyl (C=O) groups is 3. The molecule has 4 heterocycles. The molecule has 0 radical (unpaired) electrons. The van der Waals surface area contributed by atoms with Gasteiger partial charge in [-0.05, 0) is 42.7 Å². The second kappa shape index (κ2) is 11.4. The van der Waals surface area contributed by atoms with E-state index < -0.39 is 34.0 Å². The Labute approximate surface area is 268 Å². The molecule has 3 aliphatic heterocycles. The zero-order chi connectivity index (χ0) is 31.6. The normalized spacial score (nSPS) is 25.0. The molecular formula is C31H35Cl2N5O5S. The number of likely N-dealkylation sites (tertiary alicyclic amines) is 2. The van der Waals surface area contributed by atoms with Gasteiger partial charge in [0.25, 0.3) is 5.91 Å². The Bertz CT molecular complexity index is 1640. The van der Waals surface area contributed by atoms with Crippen LogP contribution in [0.5, 0.6) is 0 Å². The molecule has 6 rings (SSSR count). The molecule has 0 aliphatic carbocycles. The van der Waals surface area contributed by atoms with Gasteiger partial charge in [-0.3, -0.25) is 14.4 Å². The smallest absolute Gasteiger partial charge is 0.268 e. The van der Waals surface area contributed by atoms with Crippen LogP contribution in [0.25, 0.3) is 10.9 Å². The minimum atomic E-state index is -1.70. The van der Waals surface area contributed by atoms with Gasteiger partial charge in [-0.25, -0.2) is 8.51 Å². The molecule has 13 heteroatoms. The molecule has 0 saturated carbocycles. The topological polar surface area (TPSA) is 115 Å². The van der Waals surface area contributed by atoms with Gasteiger partial charge < -0.3 is 24.8 Å². The first-order valence-corrected chi connectivity index (χ1v) is 16.4. The van der Waals surface area contributed by atoms with E-state index >= 15 is 0 Å². The minimum absolute atomic E-state index is 0.101. The van der Waals surface area contributed by atoms with Crippen LogP contribution in [0.15, 0.2) is 53.4 Å². The molecule has 3 fully saturated rings. The highest BCUT2D eigenvalue weighted by Gasteiger charge is 2.66. The summed E-state index contributed by atoms with van der Waals surface area (Å²) in [6, 6.07) is 12.4. The zero-order valence-electron chi connectivity index (χ0n) is 24.9. The maximum atomic E-state index is 13.9. The first kappa shape index (κ1) is 31.0. The van der Waals surface area contributed by atoms with Gasteiger partial charge in [0.05, 0.1) is 34.7 Å². The molecule has 2 N–H and O–H groups in total. The Hall–Kier alpha value is -2.96. The van der Waals surface area contributed by atoms with Crippen LogP contribution in [0.2, 0.25) is 10.0 Å². The van der Waals surface area contributed by atoms with Crippen molar-refractivity contribution in [3.63, 3.8) is 0 Å². The number of aromatic amines is 1. The molecule has 10 nitrogen and oxygen atoms in total. The molecule has 3 saturated heterocycles. The molecule has 3 aliphatic rings. The molecule has 0 spiro atoms. The third-order valence-corrected chi connectivity index (χ3v) is 11.2. The summed E-state index contributed by atoms with van der Waals surface area (Å²) < 4.78 is 20.8. The van der Waals surface area contributed by atoms with Gasteiger partial charge in [0.2, 0.25) is 11.8 Å². The van der Waals surface area contributed by atoms with Crippen molar-refractivity contribution in [2.24, 2.45) is 5.41 Å². The number of H-pyrrole nitrogens is 1. The second-order valence-corrected chi connectivity index (χ2v) is 15.1. The minimum Gasteiger partial charge on any atom is -0.378 e. The number of aromatic nitrogens is 1. The number of benzene rings is 2. The van der Waals surface area contributed by atoms with E-state index in [4.69, 9.17) is 27.9 Å². The fourth-order valence-electron chi connectivity index (χ4n) is 6.31. The Morgan fingerprint density at radius 3 is 2.55 bits per heavy atom. The first-order valence-electron chi connectivity index (χ1n) is 14.5. The number of nitrogens with zero attached hydrogens (tertiary/aromatic N) is 3. The van der Waals surface area contributed by atoms with E-state index in [-0.39, 0.29) is 35.4 Å². The Morgan fingerprint density at radius 1 is 1.14 bits per heavy atom. The van der Waals surface area contributed by atoms with Crippen molar-refractivity contribution < 1.29 is 23.3 Å². The first-order chi connectivity index (χ1) is 20.8. The number of amides is 3. The third kappa shape index (κ3) is 5.32. The van der Waals surface area contributed by atoms with Crippen molar-refractivity contribution in [3.8, 4) is 0 Å². The molecule has 44 heavy (non-hydrogen) atoms. The van der Waals surface area contributed by atoms with Crippen molar-refractivity contribution in [2.75, 3.05) is 32.8 Å². The van der Waals surface area contributed by atoms with Crippen molar-refractivity contribution in [2.45, 2.75) is 56.3 Å². The monoisotopic (exact) mass is 659 g/mol. The van der Waals surface area contributed by atoms with E-state index in [9.17, 15) is 18.6 Å². The fourth-order valence-corrected chi connectivity index (χ4v) is 8.20. The third-order valence-electron chi connectivity index (χ3n) is 8.93. The quantitative estimate of drug-likeness (QED) is 0.417. The van der Waals surface area contributed by atoms with E-state index in [2.05, 4.69) is 10.3 Å². The van der Waals surface area contributed by atoms with Gasteiger partial charge in [-0.2, -0.15) is 0 Å². The van der Waals surface area contributed by atoms with Gasteiger partial charge in [-0.1, -0.05) is 62.2 Å². The summed E-state index contributed by atoms with van der Waals surface area (Å²) in [5, 5.41) is 4.58. The predicted octanol–water partition coefficient (Wildman–Crippen LogP) is 3.85. The number of carbonyl (C=O) groups excluding carboxylic acids is 3. The maximum Gasteiger partial charge on any atom is 0.268 e. The molecule has 234 valence electrons. The average Bonchev–Trinajstić information content (AvgIpc) is 3.42. The lowest BCUT2D eigenvalue weighted by molar-refractivity contribution is -0.210.